The summed E-state index contributed by atoms with van der Waals surface area (Å²) >= 11 is 0. The van der Waals surface area contributed by atoms with Crippen LogP contribution in [0, 0.1) is 24.2 Å². The van der Waals surface area contributed by atoms with Crippen molar-refractivity contribution in [3.8, 4) is 11.8 Å². The lowest BCUT2D eigenvalue weighted by Gasteiger charge is -2.18. The number of aryl methyl sites for hydroxylation is 1. The minimum atomic E-state index is -0.0968. The molecule has 0 aliphatic carbocycles. The second kappa shape index (κ2) is 5.62. The fourth-order valence-corrected chi connectivity index (χ4v) is 2.66. The van der Waals surface area contributed by atoms with Gasteiger partial charge in [0.25, 0.3) is 0 Å². The van der Waals surface area contributed by atoms with Gasteiger partial charge in [-0.25, -0.2) is 4.68 Å². The van der Waals surface area contributed by atoms with Gasteiger partial charge in [-0.3, -0.25) is 9.69 Å². The lowest BCUT2D eigenvalue weighted by Crippen LogP contribution is -2.28. The first-order chi connectivity index (χ1) is 10.6. The molecular formula is C16H16N4O2. The smallest absolute Gasteiger partial charge is 0.228 e. The highest BCUT2D eigenvalue weighted by atomic mass is 16.3. The van der Waals surface area contributed by atoms with E-state index >= 15 is 0 Å². The van der Waals surface area contributed by atoms with Gasteiger partial charge in [-0.1, -0.05) is 17.7 Å². The van der Waals surface area contributed by atoms with Crippen molar-refractivity contribution >= 4 is 11.7 Å². The van der Waals surface area contributed by atoms with E-state index in [2.05, 4.69) is 11.2 Å². The molecule has 1 saturated heterocycles. The zero-order chi connectivity index (χ0) is 15.7. The monoisotopic (exact) mass is 296 g/mol. The number of carbonyl (C=O) groups excluding carboxylic acids is 1. The Bertz CT molecular complexity index is 742. The summed E-state index contributed by atoms with van der Waals surface area (Å²) < 4.78 is 1.61. The van der Waals surface area contributed by atoms with Crippen molar-refractivity contribution in [3.05, 3.63) is 41.6 Å². The maximum absolute atomic E-state index is 12.2. The molecule has 6 heteroatoms. The molecule has 1 aromatic carbocycles. The average molecular weight is 296 g/mol. The number of anilines is 1. The standard InChI is InChI=1S/C16H16N4O2/c1-11-2-4-14(5-3-11)20-16(13(7-17)8-18-20)19-9-12(10-21)6-15(19)22/h2-5,8,12,21H,6,9-10H2,1H3. The first-order valence-corrected chi connectivity index (χ1v) is 7.10. The van der Waals surface area contributed by atoms with E-state index < -0.39 is 0 Å². The maximum Gasteiger partial charge on any atom is 0.228 e. The van der Waals surface area contributed by atoms with Crippen molar-refractivity contribution in [2.45, 2.75) is 13.3 Å². The Labute approximate surface area is 128 Å². The number of hydrogen-bond acceptors (Lipinski definition) is 4. The third-order valence-electron chi connectivity index (χ3n) is 3.86. The number of hydrogen-bond donors (Lipinski definition) is 1. The van der Waals surface area contributed by atoms with Crippen LogP contribution in [0.2, 0.25) is 0 Å². The fraction of sp³-hybridized carbons (Fsp3) is 0.312. The van der Waals surface area contributed by atoms with E-state index in [1.165, 1.54) is 6.20 Å². The summed E-state index contributed by atoms with van der Waals surface area (Å²) in [6, 6.07) is 9.79. The van der Waals surface area contributed by atoms with Crippen LogP contribution in [-0.4, -0.2) is 33.9 Å². The molecule has 1 fully saturated rings. The van der Waals surface area contributed by atoms with Crippen LogP contribution in [0.4, 0.5) is 5.82 Å². The zero-order valence-corrected chi connectivity index (χ0v) is 12.2. The van der Waals surface area contributed by atoms with Crippen LogP contribution in [0.1, 0.15) is 17.5 Å². The van der Waals surface area contributed by atoms with Gasteiger partial charge >= 0.3 is 0 Å². The van der Waals surface area contributed by atoms with Crippen LogP contribution in [0.3, 0.4) is 0 Å². The van der Waals surface area contributed by atoms with Gasteiger partial charge in [0.15, 0.2) is 5.82 Å². The Morgan fingerprint density at radius 1 is 1.41 bits per heavy atom. The zero-order valence-electron chi connectivity index (χ0n) is 12.2. The van der Waals surface area contributed by atoms with Crippen molar-refractivity contribution in [3.63, 3.8) is 0 Å². The number of nitriles is 1. The van der Waals surface area contributed by atoms with Crippen molar-refractivity contribution in [2.24, 2.45) is 5.92 Å². The van der Waals surface area contributed by atoms with E-state index in [-0.39, 0.29) is 18.4 Å². The summed E-state index contributed by atoms with van der Waals surface area (Å²) in [6.45, 7) is 2.36. The first kappa shape index (κ1) is 14.3. The molecule has 0 bridgehead atoms. The molecule has 112 valence electrons. The maximum atomic E-state index is 12.2. The van der Waals surface area contributed by atoms with Crippen LogP contribution in [0.5, 0.6) is 0 Å². The Balaban J connectivity index is 2.07. The van der Waals surface area contributed by atoms with Crippen LogP contribution < -0.4 is 4.90 Å². The molecule has 1 unspecified atom stereocenters. The van der Waals surface area contributed by atoms with Crippen LogP contribution in [0.15, 0.2) is 30.5 Å². The molecule has 2 aromatic rings. The molecule has 0 spiro atoms. The minimum absolute atomic E-state index is 0.0389. The number of aliphatic hydroxyl groups excluding tert-OH is 1. The lowest BCUT2D eigenvalue weighted by atomic mass is 10.1. The van der Waals surface area contributed by atoms with Crippen molar-refractivity contribution in [2.75, 3.05) is 18.1 Å². The predicted molar refractivity (Wildman–Crippen MR) is 80.6 cm³/mol. The van der Waals surface area contributed by atoms with Gasteiger partial charge in [0.1, 0.15) is 11.6 Å². The predicted octanol–water partition coefficient (Wildman–Crippen LogP) is 1.40. The van der Waals surface area contributed by atoms with Crippen molar-refractivity contribution in [1.82, 2.24) is 9.78 Å². The minimum Gasteiger partial charge on any atom is -0.396 e. The number of benzene rings is 1. The van der Waals surface area contributed by atoms with Gasteiger partial charge in [-0.15, -0.1) is 0 Å². The molecule has 1 aromatic heterocycles. The van der Waals surface area contributed by atoms with Crippen molar-refractivity contribution in [1.29, 1.82) is 5.26 Å². The summed E-state index contributed by atoms with van der Waals surface area (Å²) in [4.78, 5) is 13.8. The number of amides is 1. The van der Waals surface area contributed by atoms with E-state index in [1.54, 1.807) is 9.58 Å². The molecule has 6 nitrogen and oxygen atoms in total. The molecule has 0 saturated carbocycles. The van der Waals surface area contributed by atoms with E-state index in [1.807, 2.05) is 31.2 Å². The number of nitrogens with zero attached hydrogens (tertiary/aromatic N) is 4. The van der Waals surface area contributed by atoms with Crippen LogP contribution >= 0.6 is 0 Å². The topological polar surface area (TPSA) is 82.2 Å². The quantitative estimate of drug-likeness (QED) is 0.928. The summed E-state index contributed by atoms with van der Waals surface area (Å²) in [7, 11) is 0. The molecule has 1 N–H and O–H groups in total. The number of aliphatic hydroxyl groups is 1. The Morgan fingerprint density at radius 3 is 2.73 bits per heavy atom. The Hall–Kier alpha value is -2.65. The highest BCUT2D eigenvalue weighted by molar-refractivity contribution is 5.96. The molecule has 1 aliphatic rings. The van der Waals surface area contributed by atoms with Gasteiger partial charge in [0, 0.05) is 25.5 Å². The number of carbonyl (C=O) groups is 1. The van der Waals surface area contributed by atoms with E-state index in [4.69, 9.17) is 0 Å². The largest absolute Gasteiger partial charge is 0.396 e. The summed E-state index contributed by atoms with van der Waals surface area (Å²) in [5, 5.41) is 22.8. The Morgan fingerprint density at radius 2 is 2.14 bits per heavy atom. The lowest BCUT2D eigenvalue weighted by molar-refractivity contribution is -0.117. The van der Waals surface area contributed by atoms with Gasteiger partial charge in [-0.2, -0.15) is 10.4 Å². The van der Waals surface area contributed by atoms with Gasteiger partial charge in [0.05, 0.1) is 11.9 Å². The molecule has 0 radical (unpaired) electrons. The van der Waals surface area contributed by atoms with Gasteiger partial charge in [-0.05, 0) is 19.1 Å². The number of rotatable bonds is 3. The van der Waals surface area contributed by atoms with E-state index in [0.29, 0.717) is 24.3 Å². The van der Waals surface area contributed by atoms with Gasteiger partial charge in [0.2, 0.25) is 5.91 Å². The molecular weight excluding hydrogens is 280 g/mol. The van der Waals surface area contributed by atoms with E-state index in [9.17, 15) is 15.2 Å². The van der Waals surface area contributed by atoms with Crippen LogP contribution in [-0.2, 0) is 4.79 Å². The summed E-state index contributed by atoms with van der Waals surface area (Å²) in [5.74, 6) is 0.289. The molecule has 22 heavy (non-hydrogen) atoms. The highest BCUT2D eigenvalue weighted by Gasteiger charge is 2.34. The number of aromatic nitrogens is 2. The molecule has 1 aliphatic heterocycles. The second-order valence-electron chi connectivity index (χ2n) is 5.50. The fourth-order valence-electron chi connectivity index (χ4n) is 2.66. The van der Waals surface area contributed by atoms with Crippen LogP contribution in [0.25, 0.3) is 5.69 Å². The SMILES string of the molecule is Cc1ccc(-n2ncc(C#N)c2N2CC(CO)CC2=O)cc1. The molecule has 1 amide bonds. The van der Waals surface area contributed by atoms with E-state index in [0.717, 1.165) is 11.3 Å². The van der Waals surface area contributed by atoms with Crippen molar-refractivity contribution < 1.29 is 9.90 Å². The molecule has 2 heterocycles. The normalized spacial score (nSPS) is 17.8. The van der Waals surface area contributed by atoms with Gasteiger partial charge < -0.3 is 5.11 Å². The summed E-state index contributed by atoms with van der Waals surface area (Å²) in [6.07, 6.45) is 1.76. The average Bonchev–Trinajstić information content (AvgIpc) is 3.10. The molecule has 3 rings (SSSR count). The second-order valence-corrected chi connectivity index (χ2v) is 5.50. The molecule has 1 atom stereocenters. The highest BCUT2D eigenvalue weighted by Crippen LogP contribution is 2.29. The first-order valence-electron chi connectivity index (χ1n) is 7.10. The Kier molecular flexibility index (Phi) is 3.65. The third kappa shape index (κ3) is 2.36. The third-order valence-corrected chi connectivity index (χ3v) is 3.86. The summed E-state index contributed by atoms with van der Waals surface area (Å²) in [5.41, 5.74) is 2.27.